The summed E-state index contributed by atoms with van der Waals surface area (Å²) >= 11 is 3.33. The molecule has 96 valence electrons. The van der Waals surface area contributed by atoms with Gasteiger partial charge in [-0.3, -0.25) is 0 Å². The zero-order chi connectivity index (χ0) is 13.1. The Morgan fingerprint density at radius 3 is 2.53 bits per heavy atom. The van der Waals surface area contributed by atoms with Crippen molar-refractivity contribution in [1.29, 1.82) is 0 Å². The van der Waals surface area contributed by atoms with E-state index >= 15 is 0 Å². The van der Waals surface area contributed by atoms with E-state index in [9.17, 15) is 4.39 Å². The first kappa shape index (κ1) is 14.7. The molecular weight excluding hydrogens is 281 g/mol. The van der Waals surface area contributed by atoms with Crippen LogP contribution in [0, 0.1) is 11.2 Å². The Hall–Kier alpha value is -0.410. The van der Waals surface area contributed by atoms with Gasteiger partial charge in [0.1, 0.15) is 5.82 Å². The Morgan fingerprint density at radius 2 is 2.00 bits per heavy atom. The lowest BCUT2D eigenvalue weighted by molar-refractivity contribution is 0.293. The lowest BCUT2D eigenvalue weighted by atomic mass is 9.80. The van der Waals surface area contributed by atoms with Gasteiger partial charge in [0.2, 0.25) is 0 Å². The molecule has 0 spiro atoms. The van der Waals surface area contributed by atoms with E-state index in [0.29, 0.717) is 6.04 Å². The molecular formula is C14H21BrFN. The van der Waals surface area contributed by atoms with Crippen LogP contribution in [0.25, 0.3) is 0 Å². The molecule has 3 heteroatoms. The van der Waals surface area contributed by atoms with E-state index in [1.54, 1.807) is 6.07 Å². The first-order valence-corrected chi connectivity index (χ1v) is 6.74. The van der Waals surface area contributed by atoms with Gasteiger partial charge < -0.3 is 5.32 Å². The van der Waals surface area contributed by atoms with Crippen LogP contribution in [0.1, 0.15) is 32.8 Å². The number of hydrogen-bond acceptors (Lipinski definition) is 1. The van der Waals surface area contributed by atoms with Gasteiger partial charge in [-0.25, -0.2) is 4.39 Å². The second-order valence-corrected chi connectivity index (χ2v) is 6.43. The molecule has 1 aromatic rings. The summed E-state index contributed by atoms with van der Waals surface area (Å²) in [4.78, 5) is 0. The van der Waals surface area contributed by atoms with E-state index in [1.807, 2.05) is 13.1 Å². The van der Waals surface area contributed by atoms with Crippen LogP contribution in [-0.2, 0) is 6.42 Å². The zero-order valence-electron chi connectivity index (χ0n) is 11.0. The molecule has 17 heavy (non-hydrogen) atoms. The Balaban J connectivity index is 2.75. The Labute approximate surface area is 112 Å². The van der Waals surface area contributed by atoms with Crippen molar-refractivity contribution in [2.24, 2.45) is 5.41 Å². The van der Waals surface area contributed by atoms with Gasteiger partial charge in [-0.05, 0) is 56.0 Å². The molecule has 0 saturated heterocycles. The molecule has 0 aliphatic carbocycles. The average Bonchev–Trinajstić information content (AvgIpc) is 2.13. The molecule has 0 fully saturated rings. The minimum absolute atomic E-state index is 0.162. The van der Waals surface area contributed by atoms with E-state index in [-0.39, 0.29) is 11.2 Å². The molecule has 0 radical (unpaired) electrons. The van der Waals surface area contributed by atoms with Gasteiger partial charge in [-0.15, -0.1) is 0 Å². The fourth-order valence-electron chi connectivity index (χ4n) is 2.27. The van der Waals surface area contributed by atoms with Crippen molar-refractivity contribution in [3.8, 4) is 0 Å². The fourth-order valence-corrected chi connectivity index (χ4v) is 2.78. The maximum absolute atomic E-state index is 13.3. The lowest BCUT2D eigenvalue weighted by Gasteiger charge is -2.28. The highest BCUT2D eigenvalue weighted by Gasteiger charge is 2.21. The molecule has 0 heterocycles. The van der Waals surface area contributed by atoms with Crippen molar-refractivity contribution >= 4 is 15.9 Å². The quantitative estimate of drug-likeness (QED) is 0.861. The average molecular weight is 302 g/mol. The maximum atomic E-state index is 13.3. The van der Waals surface area contributed by atoms with E-state index in [4.69, 9.17) is 0 Å². The van der Waals surface area contributed by atoms with Crippen LogP contribution >= 0.6 is 15.9 Å². The van der Waals surface area contributed by atoms with Crippen molar-refractivity contribution in [3.63, 3.8) is 0 Å². The molecule has 0 aromatic heterocycles. The minimum Gasteiger partial charge on any atom is -0.317 e. The summed E-state index contributed by atoms with van der Waals surface area (Å²) in [5.41, 5.74) is 1.21. The third-order valence-corrected chi connectivity index (χ3v) is 3.41. The Kier molecular flexibility index (Phi) is 5.14. The lowest BCUT2D eigenvalue weighted by Crippen LogP contribution is -2.29. The van der Waals surface area contributed by atoms with Crippen LogP contribution in [0.15, 0.2) is 22.7 Å². The Morgan fingerprint density at radius 1 is 1.35 bits per heavy atom. The van der Waals surface area contributed by atoms with Crippen LogP contribution < -0.4 is 5.32 Å². The Bertz CT molecular complexity index is 356. The van der Waals surface area contributed by atoms with Gasteiger partial charge >= 0.3 is 0 Å². The van der Waals surface area contributed by atoms with Crippen molar-refractivity contribution < 1.29 is 4.39 Å². The summed E-state index contributed by atoms with van der Waals surface area (Å²) in [5.74, 6) is -0.174. The summed E-state index contributed by atoms with van der Waals surface area (Å²) < 4.78 is 14.1. The maximum Gasteiger partial charge on any atom is 0.124 e. The molecule has 1 unspecified atom stereocenters. The van der Waals surface area contributed by atoms with E-state index in [2.05, 4.69) is 42.0 Å². The number of rotatable bonds is 5. The first-order chi connectivity index (χ1) is 7.82. The molecule has 1 atom stereocenters. The largest absolute Gasteiger partial charge is 0.317 e. The summed E-state index contributed by atoms with van der Waals surface area (Å²) in [6.07, 6.45) is 1.95. The number of nitrogens with one attached hydrogen (secondary N) is 1. The van der Waals surface area contributed by atoms with E-state index in [0.717, 1.165) is 22.9 Å². The summed E-state index contributed by atoms with van der Waals surface area (Å²) in [6.45, 7) is 6.61. The topological polar surface area (TPSA) is 12.0 Å². The van der Waals surface area contributed by atoms with Gasteiger partial charge in [0, 0.05) is 10.5 Å². The second kappa shape index (κ2) is 5.96. The van der Waals surface area contributed by atoms with Crippen LogP contribution in [0.3, 0.4) is 0 Å². The van der Waals surface area contributed by atoms with Crippen LogP contribution in [0.2, 0.25) is 0 Å². The van der Waals surface area contributed by atoms with Gasteiger partial charge in [-0.2, -0.15) is 0 Å². The molecule has 1 rings (SSSR count). The number of halogens is 2. The summed E-state index contributed by atoms with van der Waals surface area (Å²) in [5, 5.41) is 3.25. The van der Waals surface area contributed by atoms with Crippen molar-refractivity contribution in [1.82, 2.24) is 5.32 Å². The standard InChI is InChI=1S/C14H21BrFN/c1-10(17-4)8-14(2,3)9-11-5-12(15)7-13(16)6-11/h5-7,10,17H,8-9H2,1-4H3. The highest BCUT2D eigenvalue weighted by Crippen LogP contribution is 2.29. The van der Waals surface area contributed by atoms with Gasteiger partial charge in [0.15, 0.2) is 0 Å². The first-order valence-electron chi connectivity index (χ1n) is 5.94. The molecule has 1 N–H and O–H groups in total. The predicted molar refractivity (Wildman–Crippen MR) is 74.7 cm³/mol. The van der Waals surface area contributed by atoms with E-state index < -0.39 is 0 Å². The van der Waals surface area contributed by atoms with E-state index in [1.165, 1.54) is 6.07 Å². The summed E-state index contributed by atoms with van der Waals surface area (Å²) in [7, 11) is 1.97. The van der Waals surface area contributed by atoms with Crippen LogP contribution in [-0.4, -0.2) is 13.1 Å². The molecule has 1 aromatic carbocycles. The van der Waals surface area contributed by atoms with Crippen molar-refractivity contribution in [2.75, 3.05) is 7.05 Å². The molecule has 0 bridgehead atoms. The van der Waals surface area contributed by atoms with Crippen LogP contribution in [0.5, 0.6) is 0 Å². The monoisotopic (exact) mass is 301 g/mol. The predicted octanol–water partition coefficient (Wildman–Crippen LogP) is 4.15. The van der Waals surface area contributed by atoms with Crippen molar-refractivity contribution in [3.05, 3.63) is 34.1 Å². The molecule has 0 amide bonds. The minimum atomic E-state index is -0.174. The third-order valence-electron chi connectivity index (χ3n) is 2.96. The van der Waals surface area contributed by atoms with Crippen LogP contribution in [0.4, 0.5) is 4.39 Å². The van der Waals surface area contributed by atoms with Gasteiger partial charge in [0.25, 0.3) is 0 Å². The second-order valence-electron chi connectivity index (χ2n) is 5.51. The third kappa shape index (κ3) is 5.17. The van der Waals surface area contributed by atoms with Gasteiger partial charge in [0.05, 0.1) is 0 Å². The normalized spacial score (nSPS) is 13.8. The summed E-state index contributed by atoms with van der Waals surface area (Å²) in [6, 6.07) is 5.58. The highest BCUT2D eigenvalue weighted by molar-refractivity contribution is 9.10. The molecule has 0 saturated carbocycles. The highest BCUT2D eigenvalue weighted by atomic mass is 79.9. The molecule has 0 aliphatic heterocycles. The van der Waals surface area contributed by atoms with Gasteiger partial charge in [-0.1, -0.05) is 29.8 Å². The van der Waals surface area contributed by atoms with Crippen molar-refractivity contribution in [2.45, 2.75) is 39.7 Å². The zero-order valence-corrected chi connectivity index (χ0v) is 12.6. The molecule has 1 nitrogen and oxygen atoms in total. The number of hydrogen-bond donors (Lipinski definition) is 1. The fraction of sp³-hybridized carbons (Fsp3) is 0.571. The smallest absolute Gasteiger partial charge is 0.124 e. The SMILES string of the molecule is CNC(C)CC(C)(C)Cc1cc(F)cc(Br)c1. The molecule has 0 aliphatic rings. The number of benzene rings is 1.